The molecule has 0 spiro atoms. The zero-order valence-electron chi connectivity index (χ0n) is 12.5. The second-order valence-electron chi connectivity index (χ2n) is 6.06. The number of aliphatic hydroxyl groups is 1. The van der Waals surface area contributed by atoms with Crippen LogP contribution >= 0.6 is 0 Å². The molecule has 112 valence electrons. The number of carbonyl (C=O) groups excluding carboxylic acids is 1. The van der Waals surface area contributed by atoms with Gasteiger partial charge in [0.15, 0.2) is 0 Å². The summed E-state index contributed by atoms with van der Waals surface area (Å²) in [7, 11) is 0. The van der Waals surface area contributed by atoms with Gasteiger partial charge in [-0.25, -0.2) is 4.68 Å². The molecule has 2 unspecified atom stereocenters. The van der Waals surface area contributed by atoms with Crippen LogP contribution in [0.5, 0.6) is 0 Å². The van der Waals surface area contributed by atoms with Crippen LogP contribution < -0.4 is 5.32 Å². The topological polar surface area (TPSA) is 80.0 Å². The van der Waals surface area contributed by atoms with Gasteiger partial charge in [0.2, 0.25) is 5.91 Å². The van der Waals surface area contributed by atoms with Gasteiger partial charge >= 0.3 is 0 Å². The Hall–Kier alpha value is -1.43. The van der Waals surface area contributed by atoms with Crippen molar-refractivity contribution < 1.29 is 9.90 Å². The van der Waals surface area contributed by atoms with Crippen LogP contribution in [0.3, 0.4) is 0 Å². The van der Waals surface area contributed by atoms with Crippen molar-refractivity contribution in [2.75, 3.05) is 6.54 Å². The zero-order valence-corrected chi connectivity index (χ0v) is 12.5. The predicted molar refractivity (Wildman–Crippen MR) is 75.1 cm³/mol. The van der Waals surface area contributed by atoms with E-state index in [4.69, 9.17) is 0 Å². The van der Waals surface area contributed by atoms with Crippen LogP contribution in [0.4, 0.5) is 0 Å². The maximum atomic E-state index is 11.9. The van der Waals surface area contributed by atoms with E-state index in [2.05, 4.69) is 15.6 Å². The van der Waals surface area contributed by atoms with E-state index in [0.29, 0.717) is 5.92 Å². The van der Waals surface area contributed by atoms with Crippen molar-refractivity contribution in [3.05, 3.63) is 11.9 Å². The van der Waals surface area contributed by atoms with Crippen LogP contribution in [0.25, 0.3) is 0 Å². The van der Waals surface area contributed by atoms with E-state index in [9.17, 15) is 9.90 Å². The molecule has 0 saturated heterocycles. The van der Waals surface area contributed by atoms with Crippen molar-refractivity contribution >= 4 is 5.91 Å². The lowest BCUT2D eigenvalue weighted by Gasteiger charge is -2.29. The Bertz CT molecular complexity index is 465. The number of nitrogens with one attached hydrogen (secondary N) is 1. The smallest absolute Gasteiger partial charge is 0.241 e. The van der Waals surface area contributed by atoms with Gasteiger partial charge in [0.1, 0.15) is 6.54 Å². The molecule has 0 aliphatic heterocycles. The molecule has 6 heteroatoms. The molecule has 6 nitrogen and oxygen atoms in total. The van der Waals surface area contributed by atoms with Gasteiger partial charge < -0.3 is 10.4 Å². The van der Waals surface area contributed by atoms with Gasteiger partial charge in [-0.3, -0.25) is 4.79 Å². The molecule has 0 bridgehead atoms. The molecule has 0 radical (unpaired) electrons. The third-order valence-corrected chi connectivity index (χ3v) is 4.18. The van der Waals surface area contributed by atoms with Gasteiger partial charge in [0.05, 0.1) is 11.3 Å². The number of hydrogen-bond donors (Lipinski definition) is 2. The lowest BCUT2D eigenvalue weighted by molar-refractivity contribution is -0.123. The standard InChI is InChI=1S/C14H24N4O2/c1-4-10(2)14(3,20)9-15-13(19)8-18-7-12(16-17-18)11-5-6-11/h7,10-11,20H,4-6,8-9H2,1-3H3,(H,15,19). The summed E-state index contributed by atoms with van der Waals surface area (Å²) in [5, 5.41) is 21.0. The molecule has 2 N–H and O–H groups in total. The molecule has 1 aromatic heterocycles. The molecule has 1 amide bonds. The number of hydrogen-bond acceptors (Lipinski definition) is 4. The average molecular weight is 280 g/mol. The summed E-state index contributed by atoms with van der Waals surface area (Å²) in [4.78, 5) is 11.9. The number of amides is 1. The van der Waals surface area contributed by atoms with Crippen LogP contribution in [-0.2, 0) is 11.3 Å². The van der Waals surface area contributed by atoms with Crippen LogP contribution in [0.2, 0.25) is 0 Å². The number of nitrogens with zero attached hydrogens (tertiary/aromatic N) is 3. The van der Waals surface area contributed by atoms with Crippen molar-refractivity contribution in [1.82, 2.24) is 20.3 Å². The summed E-state index contributed by atoms with van der Waals surface area (Å²) in [6.07, 6.45) is 5.05. The molecule has 20 heavy (non-hydrogen) atoms. The fourth-order valence-corrected chi connectivity index (χ4v) is 2.05. The van der Waals surface area contributed by atoms with Crippen molar-refractivity contribution in [2.24, 2.45) is 5.92 Å². The minimum absolute atomic E-state index is 0.135. The number of rotatable bonds is 7. The van der Waals surface area contributed by atoms with Crippen LogP contribution in [0, 0.1) is 5.92 Å². The average Bonchev–Trinajstić information content (AvgIpc) is 3.16. The predicted octanol–water partition coefficient (Wildman–Crippen LogP) is 1.07. The highest BCUT2D eigenvalue weighted by Crippen LogP contribution is 2.38. The highest BCUT2D eigenvalue weighted by molar-refractivity contribution is 5.75. The molecule has 1 aromatic rings. The van der Waals surface area contributed by atoms with E-state index in [1.807, 2.05) is 20.0 Å². The maximum absolute atomic E-state index is 11.9. The molecular formula is C14H24N4O2. The van der Waals surface area contributed by atoms with E-state index >= 15 is 0 Å². The quantitative estimate of drug-likeness (QED) is 0.783. The summed E-state index contributed by atoms with van der Waals surface area (Å²) in [6.45, 7) is 6.16. The van der Waals surface area contributed by atoms with Gasteiger partial charge in [0, 0.05) is 18.7 Å². The van der Waals surface area contributed by atoms with Crippen LogP contribution in [0.15, 0.2) is 6.20 Å². The Morgan fingerprint density at radius 1 is 1.65 bits per heavy atom. The van der Waals surface area contributed by atoms with Gasteiger partial charge in [-0.15, -0.1) is 5.10 Å². The van der Waals surface area contributed by atoms with Crippen molar-refractivity contribution in [3.8, 4) is 0 Å². The minimum atomic E-state index is -0.883. The highest BCUT2D eigenvalue weighted by atomic mass is 16.3. The molecule has 1 saturated carbocycles. The molecule has 1 heterocycles. The molecule has 0 aromatic carbocycles. The summed E-state index contributed by atoms with van der Waals surface area (Å²) in [6, 6.07) is 0. The van der Waals surface area contributed by atoms with Crippen LogP contribution in [0.1, 0.15) is 51.6 Å². The Morgan fingerprint density at radius 2 is 2.35 bits per heavy atom. The van der Waals surface area contributed by atoms with Crippen molar-refractivity contribution in [1.29, 1.82) is 0 Å². The summed E-state index contributed by atoms with van der Waals surface area (Å²) < 4.78 is 1.56. The van der Waals surface area contributed by atoms with E-state index in [1.54, 1.807) is 11.6 Å². The SMILES string of the molecule is CCC(C)C(C)(O)CNC(=O)Cn1cc(C2CC2)nn1. The molecule has 1 aliphatic rings. The zero-order chi connectivity index (χ0) is 14.8. The lowest BCUT2D eigenvalue weighted by Crippen LogP contribution is -2.45. The van der Waals surface area contributed by atoms with Crippen LogP contribution in [-0.4, -0.2) is 38.2 Å². The number of aromatic nitrogens is 3. The molecule has 2 rings (SSSR count). The van der Waals surface area contributed by atoms with E-state index in [1.165, 1.54) is 12.8 Å². The maximum Gasteiger partial charge on any atom is 0.241 e. The summed E-state index contributed by atoms with van der Waals surface area (Å²) in [5.41, 5.74) is 0.0933. The normalized spacial score (nSPS) is 19.4. The first kappa shape index (κ1) is 15.0. The van der Waals surface area contributed by atoms with Crippen molar-refractivity contribution in [2.45, 2.75) is 58.1 Å². The van der Waals surface area contributed by atoms with Crippen molar-refractivity contribution in [3.63, 3.8) is 0 Å². The second kappa shape index (κ2) is 5.91. The lowest BCUT2D eigenvalue weighted by atomic mass is 9.89. The Kier molecular flexibility index (Phi) is 4.42. The molecule has 2 atom stereocenters. The minimum Gasteiger partial charge on any atom is -0.388 e. The van der Waals surface area contributed by atoms with Gasteiger partial charge in [0.25, 0.3) is 0 Å². The van der Waals surface area contributed by atoms with E-state index < -0.39 is 5.60 Å². The second-order valence-corrected chi connectivity index (χ2v) is 6.06. The first-order valence-corrected chi connectivity index (χ1v) is 7.31. The highest BCUT2D eigenvalue weighted by Gasteiger charge is 2.28. The Morgan fingerprint density at radius 3 is 2.95 bits per heavy atom. The largest absolute Gasteiger partial charge is 0.388 e. The summed E-state index contributed by atoms with van der Waals surface area (Å²) in [5.74, 6) is 0.523. The Labute approximate surface area is 119 Å². The fourth-order valence-electron chi connectivity index (χ4n) is 2.05. The monoisotopic (exact) mass is 280 g/mol. The first-order chi connectivity index (χ1) is 9.42. The summed E-state index contributed by atoms with van der Waals surface area (Å²) >= 11 is 0. The third-order valence-electron chi connectivity index (χ3n) is 4.18. The van der Waals surface area contributed by atoms with Gasteiger partial charge in [-0.05, 0) is 25.7 Å². The van der Waals surface area contributed by atoms with E-state index in [0.717, 1.165) is 12.1 Å². The third kappa shape index (κ3) is 3.79. The fraction of sp³-hybridized carbons (Fsp3) is 0.786. The molecular weight excluding hydrogens is 256 g/mol. The Balaban J connectivity index is 1.79. The van der Waals surface area contributed by atoms with Gasteiger partial charge in [-0.1, -0.05) is 25.5 Å². The number of carbonyl (C=O) groups is 1. The van der Waals surface area contributed by atoms with Gasteiger partial charge in [-0.2, -0.15) is 0 Å². The molecule has 1 aliphatic carbocycles. The first-order valence-electron chi connectivity index (χ1n) is 7.31. The molecule has 1 fully saturated rings. The van der Waals surface area contributed by atoms with E-state index in [-0.39, 0.29) is 24.9 Å².